The normalized spacial score (nSPS) is 12.0. The molecule has 0 radical (unpaired) electrons. The van der Waals surface area contributed by atoms with Crippen LogP contribution in [0.5, 0.6) is 11.5 Å². The van der Waals surface area contributed by atoms with Gasteiger partial charge in [0.05, 0.1) is 11.2 Å². The van der Waals surface area contributed by atoms with Gasteiger partial charge in [-0.15, -0.1) is 0 Å². The van der Waals surface area contributed by atoms with Gasteiger partial charge in [-0.2, -0.15) is 21.6 Å². The van der Waals surface area contributed by atoms with Crippen LogP contribution in [-0.4, -0.2) is 18.9 Å². The highest BCUT2D eigenvalue weighted by atomic mass is 32.2. The summed E-state index contributed by atoms with van der Waals surface area (Å²) < 4.78 is 84.5. The first-order chi connectivity index (χ1) is 15.6. The highest BCUT2D eigenvalue weighted by Gasteiger charge is 2.48. The van der Waals surface area contributed by atoms with E-state index >= 15 is 0 Å². The van der Waals surface area contributed by atoms with Gasteiger partial charge in [-0.25, -0.2) is 9.37 Å². The number of fused-ring (bicyclic) bond motifs is 1. The molecule has 4 aromatic rings. The number of pyridine rings is 1. The topological polar surface area (TPSA) is 65.5 Å². The Morgan fingerprint density at radius 2 is 1.61 bits per heavy atom. The van der Waals surface area contributed by atoms with Crippen molar-refractivity contribution in [1.82, 2.24) is 4.98 Å². The number of aromatic nitrogens is 1. The van der Waals surface area contributed by atoms with E-state index in [-0.39, 0.29) is 17.7 Å². The highest BCUT2D eigenvalue weighted by molar-refractivity contribution is 7.88. The van der Waals surface area contributed by atoms with Crippen LogP contribution in [0.2, 0.25) is 0 Å². The van der Waals surface area contributed by atoms with Crippen molar-refractivity contribution in [3.8, 4) is 22.6 Å². The van der Waals surface area contributed by atoms with Gasteiger partial charge < -0.3 is 8.92 Å². The fourth-order valence-corrected chi connectivity index (χ4v) is 3.52. The third-order valence-corrected chi connectivity index (χ3v) is 5.60. The monoisotopic (exact) mass is 477 g/mol. The summed E-state index contributed by atoms with van der Waals surface area (Å²) in [7, 11) is -5.91. The molecule has 0 aliphatic rings. The molecular formula is C23H15F4NO4S. The molecular weight excluding hydrogens is 462 g/mol. The van der Waals surface area contributed by atoms with E-state index in [1.54, 1.807) is 0 Å². The zero-order valence-corrected chi connectivity index (χ0v) is 17.5. The van der Waals surface area contributed by atoms with Crippen molar-refractivity contribution in [2.24, 2.45) is 0 Å². The van der Waals surface area contributed by atoms with E-state index in [4.69, 9.17) is 4.74 Å². The molecule has 4 rings (SSSR count). The quantitative estimate of drug-likeness (QED) is 0.198. The van der Waals surface area contributed by atoms with E-state index in [9.17, 15) is 26.0 Å². The molecule has 5 nitrogen and oxygen atoms in total. The van der Waals surface area contributed by atoms with Crippen LogP contribution in [0.15, 0.2) is 78.9 Å². The second-order valence-electron chi connectivity index (χ2n) is 6.93. The Labute approximate surface area is 186 Å². The average Bonchev–Trinajstić information content (AvgIpc) is 2.78. The zero-order chi connectivity index (χ0) is 23.6. The Bertz CT molecular complexity index is 1400. The molecule has 0 saturated heterocycles. The molecule has 1 aromatic heterocycles. The number of para-hydroxylation sites is 1. The van der Waals surface area contributed by atoms with E-state index in [1.165, 1.54) is 24.3 Å². The van der Waals surface area contributed by atoms with Crippen LogP contribution in [-0.2, 0) is 16.7 Å². The van der Waals surface area contributed by atoms with Crippen molar-refractivity contribution < 1.29 is 34.9 Å². The zero-order valence-electron chi connectivity index (χ0n) is 16.7. The Kier molecular flexibility index (Phi) is 5.94. The SMILES string of the molecule is O=S(=O)(Oc1ccc(F)cc1-c1ccc(OCc2ccc3ccccc3n2)cc1)C(F)(F)F. The Morgan fingerprint density at radius 1 is 0.879 bits per heavy atom. The molecule has 0 spiro atoms. The maximum Gasteiger partial charge on any atom is 0.534 e. The van der Waals surface area contributed by atoms with Gasteiger partial charge in [-0.05, 0) is 48.0 Å². The molecule has 0 N–H and O–H groups in total. The summed E-state index contributed by atoms with van der Waals surface area (Å²) in [6.45, 7) is 0.169. The maximum atomic E-state index is 13.7. The van der Waals surface area contributed by atoms with E-state index in [1.807, 2.05) is 36.4 Å². The molecule has 0 saturated carbocycles. The van der Waals surface area contributed by atoms with Crippen LogP contribution in [0.4, 0.5) is 17.6 Å². The van der Waals surface area contributed by atoms with Gasteiger partial charge in [0.2, 0.25) is 0 Å². The minimum absolute atomic E-state index is 0.162. The van der Waals surface area contributed by atoms with E-state index in [0.717, 1.165) is 29.1 Å². The summed E-state index contributed by atoms with van der Waals surface area (Å²) in [5.74, 6) is -0.997. The fourth-order valence-electron chi connectivity index (χ4n) is 3.04. The van der Waals surface area contributed by atoms with Gasteiger partial charge >= 0.3 is 15.6 Å². The Morgan fingerprint density at radius 3 is 2.33 bits per heavy atom. The minimum atomic E-state index is -5.91. The number of halogens is 4. The van der Waals surface area contributed by atoms with Crippen LogP contribution in [0.1, 0.15) is 5.69 Å². The van der Waals surface area contributed by atoms with Crippen LogP contribution in [0.25, 0.3) is 22.0 Å². The van der Waals surface area contributed by atoms with Gasteiger partial charge in [-0.1, -0.05) is 36.4 Å². The number of alkyl halides is 3. The molecule has 10 heteroatoms. The van der Waals surface area contributed by atoms with Gasteiger partial charge in [0.1, 0.15) is 18.2 Å². The lowest BCUT2D eigenvalue weighted by Crippen LogP contribution is -2.28. The average molecular weight is 477 g/mol. The van der Waals surface area contributed by atoms with Crippen molar-refractivity contribution in [3.05, 3.63) is 90.4 Å². The lowest BCUT2D eigenvalue weighted by molar-refractivity contribution is -0.0499. The molecule has 0 bridgehead atoms. The first-order valence-electron chi connectivity index (χ1n) is 9.51. The summed E-state index contributed by atoms with van der Waals surface area (Å²) in [4.78, 5) is 4.50. The number of ether oxygens (including phenoxy) is 1. The molecule has 0 atom stereocenters. The molecule has 33 heavy (non-hydrogen) atoms. The molecule has 3 aromatic carbocycles. The Hall–Kier alpha value is -3.66. The van der Waals surface area contributed by atoms with Crippen molar-refractivity contribution in [3.63, 3.8) is 0 Å². The molecule has 0 fully saturated rings. The minimum Gasteiger partial charge on any atom is -0.487 e. The van der Waals surface area contributed by atoms with Gasteiger partial charge in [0.15, 0.2) is 5.75 Å². The molecule has 0 aliphatic carbocycles. The van der Waals surface area contributed by atoms with Crippen molar-refractivity contribution in [2.75, 3.05) is 0 Å². The molecule has 0 unspecified atom stereocenters. The number of hydrogen-bond donors (Lipinski definition) is 0. The molecule has 170 valence electrons. The summed E-state index contributed by atoms with van der Waals surface area (Å²) in [5, 5.41) is 0.992. The summed E-state index contributed by atoms with van der Waals surface area (Å²) in [6, 6.07) is 19.8. The Balaban J connectivity index is 1.53. The van der Waals surface area contributed by atoms with Crippen LogP contribution in [0.3, 0.4) is 0 Å². The van der Waals surface area contributed by atoms with Gasteiger partial charge in [-0.3, -0.25) is 0 Å². The highest BCUT2D eigenvalue weighted by Crippen LogP contribution is 2.35. The van der Waals surface area contributed by atoms with Crippen molar-refractivity contribution in [2.45, 2.75) is 12.1 Å². The fraction of sp³-hybridized carbons (Fsp3) is 0.0870. The van der Waals surface area contributed by atoms with Crippen molar-refractivity contribution in [1.29, 1.82) is 0 Å². The van der Waals surface area contributed by atoms with E-state index < -0.39 is 27.2 Å². The number of nitrogens with zero attached hydrogens (tertiary/aromatic N) is 1. The largest absolute Gasteiger partial charge is 0.534 e. The van der Waals surface area contributed by atoms with Crippen molar-refractivity contribution >= 4 is 21.0 Å². The summed E-state index contributed by atoms with van der Waals surface area (Å²) >= 11 is 0. The first kappa shape index (κ1) is 22.5. The first-order valence-corrected chi connectivity index (χ1v) is 10.9. The number of benzene rings is 3. The predicted molar refractivity (Wildman–Crippen MR) is 114 cm³/mol. The second-order valence-corrected chi connectivity index (χ2v) is 8.47. The van der Waals surface area contributed by atoms with Gasteiger partial charge in [0, 0.05) is 10.9 Å². The van der Waals surface area contributed by atoms with Crippen LogP contribution >= 0.6 is 0 Å². The third kappa shape index (κ3) is 5.06. The summed E-state index contributed by atoms with van der Waals surface area (Å²) in [5.41, 5.74) is -4.03. The smallest absolute Gasteiger partial charge is 0.487 e. The van der Waals surface area contributed by atoms with Gasteiger partial charge in [0.25, 0.3) is 0 Å². The second kappa shape index (κ2) is 8.70. The van der Waals surface area contributed by atoms with E-state index in [2.05, 4.69) is 9.17 Å². The predicted octanol–water partition coefficient (Wildman–Crippen LogP) is 5.85. The maximum absolute atomic E-state index is 13.7. The van der Waals surface area contributed by atoms with Crippen LogP contribution < -0.4 is 8.92 Å². The lowest BCUT2D eigenvalue weighted by Gasteiger charge is -2.14. The standard InChI is InChI=1S/C23H15F4NO4S/c24-17-8-12-22(32-33(29,30)23(25,26)27)20(13-17)15-6-10-19(11-7-15)31-14-18-9-5-16-3-1-2-4-21(16)28-18/h1-13H,14H2. The third-order valence-electron chi connectivity index (χ3n) is 4.63. The van der Waals surface area contributed by atoms with Crippen LogP contribution in [0, 0.1) is 5.82 Å². The van der Waals surface area contributed by atoms with E-state index in [0.29, 0.717) is 11.4 Å². The number of rotatable bonds is 6. The molecule has 0 aliphatic heterocycles. The summed E-state index contributed by atoms with van der Waals surface area (Å²) in [6.07, 6.45) is 0. The number of hydrogen-bond acceptors (Lipinski definition) is 5. The molecule has 0 amide bonds. The molecule has 1 heterocycles. The lowest BCUT2D eigenvalue weighted by atomic mass is 10.0.